The third-order valence-corrected chi connectivity index (χ3v) is 3.95. The molecular formula is C14H16BrN3O. The second kappa shape index (κ2) is 6.07. The number of anilines is 1. The van der Waals surface area contributed by atoms with Crippen LogP contribution in [0.2, 0.25) is 0 Å². The summed E-state index contributed by atoms with van der Waals surface area (Å²) in [6, 6.07) is 8.06. The number of rotatable bonds is 2. The van der Waals surface area contributed by atoms with Crippen LogP contribution in [0.1, 0.15) is 25.3 Å². The topological polar surface area (TPSA) is 56.1 Å². The van der Waals surface area contributed by atoms with E-state index in [-0.39, 0.29) is 11.9 Å². The highest BCUT2D eigenvalue weighted by Gasteiger charge is 2.21. The molecule has 0 spiro atoms. The molecule has 0 bridgehead atoms. The number of piperidine rings is 1. The smallest absolute Gasteiger partial charge is 0.217 e. The number of halogens is 1. The van der Waals surface area contributed by atoms with Crippen molar-refractivity contribution in [2.24, 2.45) is 0 Å². The summed E-state index contributed by atoms with van der Waals surface area (Å²) in [5.74, 6) is 0.0398. The molecule has 1 aromatic rings. The van der Waals surface area contributed by atoms with Crippen LogP contribution < -0.4 is 10.2 Å². The van der Waals surface area contributed by atoms with Crippen molar-refractivity contribution in [2.45, 2.75) is 25.8 Å². The molecule has 1 aliphatic rings. The lowest BCUT2D eigenvalue weighted by molar-refractivity contribution is -0.119. The molecule has 0 aromatic heterocycles. The van der Waals surface area contributed by atoms with Crippen LogP contribution >= 0.6 is 15.9 Å². The standard InChI is InChI=1S/C14H16BrN3O/c1-10(19)17-12-4-6-18(7-5-12)14-3-2-11(9-16)8-13(14)15/h2-3,8,12H,4-7H2,1H3,(H,17,19). The molecule has 100 valence electrons. The average Bonchev–Trinajstić information content (AvgIpc) is 2.39. The fourth-order valence-electron chi connectivity index (χ4n) is 2.39. The molecule has 1 fully saturated rings. The lowest BCUT2D eigenvalue weighted by atomic mass is 10.0. The monoisotopic (exact) mass is 321 g/mol. The van der Waals surface area contributed by atoms with Crippen molar-refractivity contribution in [3.05, 3.63) is 28.2 Å². The summed E-state index contributed by atoms with van der Waals surface area (Å²) < 4.78 is 0.949. The first-order valence-corrected chi connectivity index (χ1v) is 7.11. The van der Waals surface area contributed by atoms with Crippen molar-refractivity contribution in [1.82, 2.24) is 5.32 Å². The Morgan fingerprint density at radius 1 is 1.47 bits per heavy atom. The van der Waals surface area contributed by atoms with Gasteiger partial charge in [0.25, 0.3) is 0 Å². The van der Waals surface area contributed by atoms with Crippen molar-refractivity contribution >= 4 is 27.5 Å². The second-order valence-corrected chi connectivity index (χ2v) is 5.59. The third kappa shape index (κ3) is 3.48. The maximum atomic E-state index is 11.0. The lowest BCUT2D eigenvalue weighted by Gasteiger charge is -2.34. The Morgan fingerprint density at radius 3 is 2.68 bits per heavy atom. The largest absolute Gasteiger partial charge is 0.370 e. The number of carbonyl (C=O) groups excluding carboxylic acids is 1. The Labute approximate surface area is 121 Å². The zero-order valence-electron chi connectivity index (χ0n) is 10.8. The van der Waals surface area contributed by atoms with Crippen LogP contribution in [0, 0.1) is 11.3 Å². The van der Waals surface area contributed by atoms with E-state index in [2.05, 4.69) is 32.2 Å². The van der Waals surface area contributed by atoms with Gasteiger partial charge in [-0.05, 0) is 47.0 Å². The van der Waals surface area contributed by atoms with Gasteiger partial charge in [-0.2, -0.15) is 5.26 Å². The Kier molecular flexibility index (Phi) is 4.43. The number of nitriles is 1. The van der Waals surface area contributed by atoms with Crippen molar-refractivity contribution in [1.29, 1.82) is 5.26 Å². The molecule has 1 N–H and O–H groups in total. The summed E-state index contributed by atoms with van der Waals surface area (Å²) in [6.07, 6.45) is 1.90. The summed E-state index contributed by atoms with van der Waals surface area (Å²) in [5.41, 5.74) is 1.77. The normalized spacial score (nSPS) is 15.9. The quantitative estimate of drug-likeness (QED) is 0.910. The lowest BCUT2D eigenvalue weighted by Crippen LogP contribution is -2.44. The summed E-state index contributed by atoms with van der Waals surface area (Å²) >= 11 is 3.52. The minimum Gasteiger partial charge on any atom is -0.370 e. The molecular weight excluding hydrogens is 306 g/mol. The van der Waals surface area contributed by atoms with E-state index in [1.165, 1.54) is 0 Å². The fourth-order valence-corrected chi connectivity index (χ4v) is 3.01. The molecule has 1 aromatic carbocycles. The van der Waals surface area contributed by atoms with Gasteiger partial charge >= 0.3 is 0 Å². The average molecular weight is 322 g/mol. The molecule has 5 heteroatoms. The molecule has 0 saturated carbocycles. The molecule has 0 unspecified atom stereocenters. The molecule has 19 heavy (non-hydrogen) atoms. The van der Waals surface area contributed by atoms with E-state index < -0.39 is 0 Å². The van der Waals surface area contributed by atoms with E-state index >= 15 is 0 Å². The number of carbonyl (C=O) groups is 1. The van der Waals surface area contributed by atoms with Crippen molar-refractivity contribution in [2.75, 3.05) is 18.0 Å². The predicted octanol–water partition coefficient (Wildman–Crippen LogP) is 2.43. The first-order valence-electron chi connectivity index (χ1n) is 6.32. The van der Waals surface area contributed by atoms with E-state index in [0.29, 0.717) is 5.56 Å². The predicted molar refractivity (Wildman–Crippen MR) is 77.9 cm³/mol. The maximum absolute atomic E-state index is 11.0. The first kappa shape index (κ1) is 13.9. The van der Waals surface area contributed by atoms with Crippen LogP contribution in [0.4, 0.5) is 5.69 Å². The Morgan fingerprint density at radius 2 is 2.16 bits per heavy atom. The number of nitrogens with zero attached hydrogens (tertiary/aromatic N) is 2. The van der Waals surface area contributed by atoms with Crippen LogP contribution in [0.15, 0.2) is 22.7 Å². The summed E-state index contributed by atoms with van der Waals surface area (Å²) in [7, 11) is 0. The maximum Gasteiger partial charge on any atom is 0.217 e. The van der Waals surface area contributed by atoms with Crippen LogP contribution in [-0.2, 0) is 4.79 Å². The number of hydrogen-bond donors (Lipinski definition) is 1. The van der Waals surface area contributed by atoms with E-state index in [0.717, 1.165) is 36.1 Å². The van der Waals surface area contributed by atoms with Gasteiger partial charge in [-0.15, -0.1) is 0 Å². The number of hydrogen-bond acceptors (Lipinski definition) is 3. The zero-order chi connectivity index (χ0) is 13.8. The first-order chi connectivity index (χ1) is 9.10. The number of benzene rings is 1. The summed E-state index contributed by atoms with van der Waals surface area (Å²) in [4.78, 5) is 13.3. The Hall–Kier alpha value is -1.54. The molecule has 4 nitrogen and oxygen atoms in total. The van der Waals surface area contributed by atoms with Gasteiger partial charge in [0.1, 0.15) is 0 Å². The molecule has 1 saturated heterocycles. The summed E-state index contributed by atoms with van der Waals surface area (Å²) in [6.45, 7) is 3.38. The van der Waals surface area contributed by atoms with Crippen LogP contribution in [-0.4, -0.2) is 25.0 Å². The van der Waals surface area contributed by atoms with Gasteiger partial charge in [-0.1, -0.05) is 0 Å². The van der Waals surface area contributed by atoms with Gasteiger partial charge in [0.05, 0.1) is 17.3 Å². The molecule has 1 amide bonds. The highest BCUT2D eigenvalue weighted by atomic mass is 79.9. The van der Waals surface area contributed by atoms with Crippen LogP contribution in [0.5, 0.6) is 0 Å². The highest BCUT2D eigenvalue weighted by Crippen LogP contribution is 2.29. The van der Waals surface area contributed by atoms with Gasteiger partial charge in [0, 0.05) is 30.5 Å². The Balaban J connectivity index is 2.02. The minimum atomic E-state index is 0.0398. The van der Waals surface area contributed by atoms with Gasteiger partial charge in [-0.3, -0.25) is 4.79 Å². The van der Waals surface area contributed by atoms with Crippen LogP contribution in [0.25, 0.3) is 0 Å². The van der Waals surface area contributed by atoms with Gasteiger partial charge in [0.2, 0.25) is 5.91 Å². The molecule has 0 radical (unpaired) electrons. The molecule has 2 rings (SSSR count). The number of amides is 1. The number of nitrogens with one attached hydrogen (secondary N) is 1. The van der Waals surface area contributed by atoms with E-state index in [1.54, 1.807) is 6.92 Å². The fraction of sp³-hybridized carbons (Fsp3) is 0.429. The van der Waals surface area contributed by atoms with Gasteiger partial charge < -0.3 is 10.2 Å². The van der Waals surface area contributed by atoms with Crippen LogP contribution in [0.3, 0.4) is 0 Å². The van der Waals surface area contributed by atoms with Crippen molar-refractivity contribution in [3.8, 4) is 6.07 Å². The minimum absolute atomic E-state index is 0.0398. The molecule has 0 aliphatic carbocycles. The highest BCUT2D eigenvalue weighted by molar-refractivity contribution is 9.10. The van der Waals surface area contributed by atoms with E-state index in [9.17, 15) is 4.79 Å². The van der Waals surface area contributed by atoms with E-state index in [4.69, 9.17) is 5.26 Å². The molecule has 1 aliphatic heterocycles. The summed E-state index contributed by atoms with van der Waals surface area (Å²) in [5, 5.41) is 11.8. The third-order valence-electron chi connectivity index (χ3n) is 3.32. The Bertz CT molecular complexity index is 516. The SMILES string of the molecule is CC(=O)NC1CCN(c2ccc(C#N)cc2Br)CC1. The van der Waals surface area contributed by atoms with Gasteiger partial charge in [-0.25, -0.2) is 0 Å². The zero-order valence-corrected chi connectivity index (χ0v) is 12.4. The van der Waals surface area contributed by atoms with Gasteiger partial charge in [0.15, 0.2) is 0 Å². The molecule has 1 heterocycles. The van der Waals surface area contributed by atoms with Crippen molar-refractivity contribution in [3.63, 3.8) is 0 Å². The second-order valence-electron chi connectivity index (χ2n) is 4.74. The molecule has 0 atom stereocenters. The van der Waals surface area contributed by atoms with Crippen molar-refractivity contribution < 1.29 is 4.79 Å². The van der Waals surface area contributed by atoms with E-state index in [1.807, 2.05) is 18.2 Å².